The van der Waals surface area contributed by atoms with Crippen LogP contribution >= 0.6 is 0 Å². The minimum Gasteiger partial charge on any atom is -0.390 e. The minimum atomic E-state index is 0.0797. The summed E-state index contributed by atoms with van der Waals surface area (Å²) in [5, 5.41) is 0. The Hall–Kier alpha value is -0.805. The third-order valence-electron chi connectivity index (χ3n) is 1.99. The molecule has 0 fully saturated rings. The molecule has 1 heterocycles. The molecule has 0 aromatic carbocycles. The second-order valence-electron chi connectivity index (χ2n) is 3.27. The predicted molar refractivity (Wildman–Crippen MR) is 52.8 cm³/mol. The molecule has 1 rings (SSSR count). The molecule has 5 heteroatoms. The summed E-state index contributed by atoms with van der Waals surface area (Å²) >= 11 is 0. The number of hydrogen-bond donors (Lipinski definition) is 2. The van der Waals surface area contributed by atoms with Gasteiger partial charge in [-0.15, -0.1) is 0 Å². The van der Waals surface area contributed by atoms with Crippen molar-refractivity contribution in [3.8, 4) is 0 Å². The summed E-state index contributed by atoms with van der Waals surface area (Å²) in [6.45, 7) is 2.27. The first-order chi connectivity index (χ1) is 5.59. The molecule has 4 nitrogen and oxygen atoms in total. The third-order valence-corrected chi connectivity index (χ3v) is 1.99. The maximum Gasteiger partial charge on any atom is 0.310 e. The second kappa shape index (κ2) is 3.29. The fourth-order valence-corrected chi connectivity index (χ4v) is 1.45. The zero-order chi connectivity index (χ0) is 9.30. The summed E-state index contributed by atoms with van der Waals surface area (Å²) in [7, 11) is 4.01. The van der Waals surface area contributed by atoms with E-state index in [1.165, 1.54) is 11.8 Å². The molecule has 0 saturated carbocycles. The van der Waals surface area contributed by atoms with Gasteiger partial charge in [-0.3, -0.25) is 4.99 Å². The lowest BCUT2D eigenvalue weighted by atomic mass is 9.73. The molecule has 0 bridgehead atoms. The van der Waals surface area contributed by atoms with Crippen molar-refractivity contribution >= 4 is 13.2 Å². The Bertz CT molecular complexity index is 232. The van der Waals surface area contributed by atoms with Gasteiger partial charge in [0.15, 0.2) is 0 Å². The van der Waals surface area contributed by atoms with E-state index < -0.39 is 0 Å². The molecule has 1 atom stereocenters. The average Bonchev–Trinajstić information content (AvgIpc) is 2.63. The summed E-state index contributed by atoms with van der Waals surface area (Å²) in [4.78, 5) is 6.14. The monoisotopic (exact) mass is 166 g/mol. The molecule has 0 amide bonds. The van der Waals surface area contributed by atoms with Gasteiger partial charge in [-0.2, -0.15) is 0 Å². The van der Waals surface area contributed by atoms with Crippen LogP contribution in [-0.4, -0.2) is 38.1 Å². The summed E-state index contributed by atoms with van der Waals surface area (Å²) in [5.74, 6) is 0. The van der Waals surface area contributed by atoms with E-state index >= 15 is 0 Å². The highest BCUT2D eigenvalue weighted by atomic mass is 15.0. The van der Waals surface area contributed by atoms with Crippen molar-refractivity contribution in [3.63, 3.8) is 0 Å². The zero-order valence-corrected chi connectivity index (χ0v) is 7.78. The minimum absolute atomic E-state index is 0.0797. The number of hydrogen-bond acceptors (Lipinski definition) is 3. The molecule has 0 aliphatic carbocycles. The van der Waals surface area contributed by atoms with Crippen LogP contribution in [0.15, 0.2) is 16.1 Å². The molecule has 4 N–H and O–H groups in total. The van der Waals surface area contributed by atoms with E-state index in [9.17, 15) is 0 Å². The van der Waals surface area contributed by atoms with Gasteiger partial charge in [-0.1, -0.05) is 0 Å². The molecule has 1 aliphatic rings. The van der Waals surface area contributed by atoms with E-state index in [-0.39, 0.29) is 6.04 Å². The Kier molecular flexibility index (Phi) is 2.54. The predicted octanol–water partition coefficient (Wildman–Crippen LogP) is -0.780. The lowest BCUT2D eigenvalue weighted by molar-refractivity contribution is 0.656. The fraction of sp³-hybridized carbons (Fsp3) is 0.571. The van der Waals surface area contributed by atoms with Crippen molar-refractivity contribution in [2.75, 3.05) is 14.1 Å². The Balaban J connectivity index is 2.68. The topological polar surface area (TPSA) is 67.6 Å². The lowest BCUT2D eigenvalue weighted by Gasteiger charge is -2.07. The van der Waals surface area contributed by atoms with Gasteiger partial charge in [-0.05, 0) is 26.5 Å². The number of nitrogens with two attached hydrogens (primary N) is 2. The maximum absolute atomic E-state index is 5.75. The Morgan fingerprint density at radius 1 is 1.58 bits per heavy atom. The van der Waals surface area contributed by atoms with Crippen molar-refractivity contribution in [3.05, 3.63) is 11.1 Å². The van der Waals surface area contributed by atoms with Crippen molar-refractivity contribution in [1.82, 2.24) is 4.81 Å². The first kappa shape index (κ1) is 9.28. The van der Waals surface area contributed by atoms with Crippen LogP contribution in [0.25, 0.3) is 0 Å². The third kappa shape index (κ3) is 1.51. The molecule has 1 aliphatic heterocycles. The SMILES string of the molecule is CC(N)C1=C(/N=C\N)B1N(C)C. The lowest BCUT2D eigenvalue weighted by Crippen LogP contribution is -2.28. The van der Waals surface area contributed by atoms with Crippen LogP contribution in [0.4, 0.5) is 0 Å². The fourth-order valence-electron chi connectivity index (χ4n) is 1.45. The highest BCUT2D eigenvalue weighted by Gasteiger charge is 2.44. The van der Waals surface area contributed by atoms with Crippen LogP contribution in [0.3, 0.4) is 0 Å². The van der Waals surface area contributed by atoms with Gasteiger partial charge in [0.25, 0.3) is 0 Å². The zero-order valence-electron chi connectivity index (χ0n) is 7.78. The average molecular weight is 166 g/mol. The Morgan fingerprint density at radius 2 is 2.17 bits per heavy atom. The van der Waals surface area contributed by atoms with Gasteiger partial charge < -0.3 is 16.3 Å². The molecule has 0 aromatic rings. The number of rotatable bonds is 3. The van der Waals surface area contributed by atoms with Crippen molar-refractivity contribution in [1.29, 1.82) is 0 Å². The van der Waals surface area contributed by atoms with Gasteiger partial charge in [0.2, 0.25) is 0 Å². The molecule has 66 valence electrons. The molecular formula is C7H15BN4. The van der Waals surface area contributed by atoms with Crippen molar-refractivity contribution < 1.29 is 0 Å². The highest BCUT2D eigenvalue weighted by molar-refractivity contribution is 6.83. The van der Waals surface area contributed by atoms with Crippen LogP contribution in [0, 0.1) is 0 Å². The Morgan fingerprint density at radius 3 is 2.42 bits per heavy atom. The van der Waals surface area contributed by atoms with Gasteiger partial charge in [0.1, 0.15) is 0 Å². The molecule has 0 saturated heterocycles. The van der Waals surface area contributed by atoms with Gasteiger partial charge >= 0.3 is 6.85 Å². The Labute approximate surface area is 73.4 Å². The van der Waals surface area contributed by atoms with E-state index in [1.807, 2.05) is 21.0 Å². The molecule has 12 heavy (non-hydrogen) atoms. The quantitative estimate of drug-likeness (QED) is 0.328. The van der Waals surface area contributed by atoms with Crippen molar-refractivity contribution in [2.45, 2.75) is 13.0 Å². The van der Waals surface area contributed by atoms with E-state index in [2.05, 4.69) is 9.80 Å². The summed E-state index contributed by atoms with van der Waals surface area (Å²) < 4.78 is 0. The molecular weight excluding hydrogens is 151 g/mol. The van der Waals surface area contributed by atoms with E-state index in [0.29, 0.717) is 6.85 Å². The summed E-state index contributed by atoms with van der Waals surface area (Å²) in [6, 6.07) is 0.0797. The van der Waals surface area contributed by atoms with Gasteiger partial charge in [0, 0.05) is 11.6 Å². The van der Waals surface area contributed by atoms with Crippen LogP contribution in [-0.2, 0) is 0 Å². The van der Waals surface area contributed by atoms with E-state index in [0.717, 1.165) is 5.60 Å². The smallest absolute Gasteiger partial charge is 0.310 e. The van der Waals surface area contributed by atoms with Crippen LogP contribution in [0.5, 0.6) is 0 Å². The molecule has 0 aromatic heterocycles. The first-order valence-electron chi connectivity index (χ1n) is 3.99. The standard InChI is InChI=1S/C7H15BN4/c1-5(10)6-7(11-4-9)8(6)12(2)3/h4-5H,10H2,1-3H3,(H2,9,11). The number of aliphatic imine (C=N–C) groups is 1. The largest absolute Gasteiger partial charge is 0.390 e. The maximum atomic E-state index is 5.75. The van der Waals surface area contributed by atoms with Crippen LogP contribution < -0.4 is 11.5 Å². The summed E-state index contributed by atoms with van der Waals surface area (Å²) in [5.41, 5.74) is 13.2. The normalized spacial score (nSPS) is 19.6. The molecule has 1 unspecified atom stereocenters. The van der Waals surface area contributed by atoms with Crippen LogP contribution in [0.1, 0.15) is 6.92 Å². The number of nitrogens with zero attached hydrogens (tertiary/aromatic N) is 2. The van der Waals surface area contributed by atoms with Crippen LogP contribution in [0.2, 0.25) is 0 Å². The summed E-state index contributed by atoms with van der Waals surface area (Å²) in [6.07, 6.45) is 1.32. The van der Waals surface area contributed by atoms with Crippen molar-refractivity contribution in [2.24, 2.45) is 16.5 Å². The van der Waals surface area contributed by atoms with Gasteiger partial charge in [0.05, 0.1) is 6.34 Å². The molecule has 0 radical (unpaired) electrons. The van der Waals surface area contributed by atoms with E-state index in [1.54, 1.807) is 0 Å². The van der Waals surface area contributed by atoms with Gasteiger partial charge in [-0.25, -0.2) is 0 Å². The second-order valence-corrected chi connectivity index (χ2v) is 3.27. The highest BCUT2D eigenvalue weighted by Crippen LogP contribution is 2.33. The molecule has 0 spiro atoms. The van der Waals surface area contributed by atoms with E-state index in [4.69, 9.17) is 11.5 Å². The first-order valence-corrected chi connectivity index (χ1v) is 3.99.